The molecule has 0 bridgehead atoms. The van der Waals surface area contributed by atoms with Gasteiger partial charge in [0.25, 0.3) is 5.91 Å². The smallest absolute Gasteiger partial charge is 0.271 e. The molecular formula is C10H15N5O. The standard InChI is InChI=1S/C10H15N5O/c1-6-2-7(3-6)14-10(16)8-4-13-9(15-11)5-12-8/h4-7H,2-3,11H2,1H3,(H,13,15)(H,14,16). The van der Waals surface area contributed by atoms with Crippen molar-refractivity contribution in [2.24, 2.45) is 11.8 Å². The first-order valence-electron chi connectivity index (χ1n) is 5.28. The summed E-state index contributed by atoms with van der Waals surface area (Å²) in [6, 6.07) is 0.289. The zero-order valence-electron chi connectivity index (χ0n) is 9.10. The number of anilines is 1. The molecule has 0 aromatic carbocycles. The van der Waals surface area contributed by atoms with Gasteiger partial charge >= 0.3 is 0 Å². The van der Waals surface area contributed by atoms with E-state index in [2.05, 4.69) is 27.6 Å². The summed E-state index contributed by atoms with van der Waals surface area (Å²) >= 11 is 0. The SMILES string of the molecule is CC1CC(NC(=O)c2cnc(NN)cn2)C1. The van der Waals surface area contributed by atoms with Gasteiger partial charge in [0.15, 0.2) is 5.82 Å². The molecule has 1 fully saturated rings. The summed E-state index contributed by atoms with van der Waals surface area (Å²) in [5.41, 5.74) is 2.67. The van der Waals surface area contributed by atoms with E-state index in [1.165, 1.54) is 12.4 Å². The number of nitrogen functional groups attached to an aromatic ring is 1. The number of nitrogens with two attached hydrogens (primary N) is 1. The molecule has 0 unspecified atom stereocenters. The third-order valence-electron chi connectivity index (χ3n) is 2.74. The van der Waals surface area contributed by atoms with Gasteiger partial charge in [0.2, 0.25) is 0 Å². The maximum Gasteiger partial charge on any atom is 0.271 e. The maximum atomic E-state index is 11.7. The summed E-state index contributed by atoms with van der Waals surface area (Å²) in [7, 11) is 0. The second-order valence-corrected chi connectivity index (χ2v) is 4.18. The van der Waals surface area contributed by atoms with Crippen molar-refractivity contribution >= 4 is 11.7 Å². The Balaban J connectivity index is 1.93. The van der Waals surface area contributed by atoms with Crippen LogP contribution in [0, 0.1) is 5.92 Å². The molecule has 86 valence electrons. The first-order valence-corrected chi connectivity index (χ1v) is 5.28. The molecule has 16 heavy (non-hydrogen) atoms. The number of nitrogens with zero attached hydrogens (tertiary/aromatic N) is 2. The highest BCUT2D eigenvalue weighted by Gasteiger charge is 2.27. The lowest BCUT2D eigenvalue weighted by atomic mass is 9.82. The van der Waals surface area contributed by atoms with E-state index in [9.17, 15) is 4.79 Å². The van der Waals surface area contributed by atoms with Gasteiger partial charge in [-0.05, 0) is 18.8 Å². The zero-order valence-corrected chi connectivity index (χ0v) is 9.10. The molecule has 0 aliphatic heterocycles. The number of carbonyl (C=O) groups is 1. The number of hydrazine groups is 1. The van der Waals surface area contributed by atoms with Gasteiger partial charge in [0.05, 0.1) is 12.4 Å². The van der Waals surface area contributed by atoms with Crippen LogP contribution in [0.25, 0.3) is 0 Å². The number of aromatic nitrogens is 2. The minimum Gasteiger partial charge on any atom is -0.348 e. The van der Waals surface area contributed by atoms with Crippen LogP contribution in [0.15, 0.2) is 12.4 Å². The number of hydrogen-bond acceptors (Lipinski definition) is 5. The average molecular weight is 221 g/mol. The molecule has 2 rings (SSSR count). The van der Waals surface area contributed by atoms with Crippen molar-refractivity contribution in [3.05, 3.63) is 18.1 Å². The largest absolute Gasteiger partial charge is 0.348 e. The fraction of sp³-hybridized carbons (Fsp3) is 0.500. The van der Waals surface area contributed by atoms with Crippen LogP contribution in [0.3, 0.4) is 0 Å². The third kappa shape index (κ3) is 2.27. The Morgan fingerprint density at radius 2 is 2.19 bits per heavy atom. The molecule has 0 atom stereocenters. The lowest BCUT2D eigenvalue weighted by molar-refractivity contribution is 0.0890. The fourth-order valence-corrected chi connectivity index (χ4v) is 1.80. The van der Waals surface area contributed by atoms with Crippen LogP contribution in [0.4, 0.5) is 5.82 Å². The Hall–Kier alpha value is -1.69. The molecule has 1 heterocycles. The van der Waals surface area contributed by atoms with Gasteiger partial charge in [-0.3, -0.25) is 4.79 Å². The van der Waals surface area contributed by atoms with Crippen molar-refractivity contribution in [3.8, 4) is 0 Å². The summed E-state index contributed by atoms with van der Waals surface area (Å²) in [6.45, 7) is 2.17. The Bertz CT molecular complexity index is 371. The third-order valence-corrected chi connectivity index (χ3v) is 2.74. The predicted octanol–water partition coefficient (Wildman–Crippen LogP) is 0.290. The molecular weight excluding hydrogens is 206 g/mol. The van der Waals surface area contributed by atoms with Crippen LogP contribution in [0.2, 0.25) is 0 Å². The Labute approximate surface area is 93.6 Å². The zero-order chi connectivity index (χ0) is 11.5. The number of carbonyl (C=O) groups excluding carboxylic acids is 1. The summed E-state index contributed by atoms with van der Waals surface area (Å²) in [5, 5.41) is 2.91. The number of hydrogen-bond donors (Lipinski definition) is 3. The molecule has 0 saturated heterocycles. The highest BCUT2D eigenvalue weighted by Crippen LogP contribution is 2.26. The average Bonchev–Trinajstić information content (AvgIpc) is 2.27. The molecule has 1 aromatic rings. The Kier molecular flexibility index (Phi) is 3.00. The van der Waals surface area contributed by atoms with E-state index in [1.54, 1.807) is 0 Å². The van der Waals surface area contributed by atoms with E-state index in [1.807, 2.05) is 0 Å². The molecule has 0 spiro atoms. The van der Waals surface area contributed by atoms with Crippen LogP contribution in [-0.4, -0.2) is 21.9 Å². The molecule has 6 heteroatoms. The van der Waals surface area contributed by atoms with E-state index >= 15 is 0 Å². The van der Waals surface area contributed by atoms with Crippen LogP contribution in [0.1, 0.15) is 30.3 Å². The van der Waals surface area contributed by atoms with Crippen LogP contribution in [0.5, 0.6) is 0 Å². The van der Waals surface area contributed by atoms with Gasteiger partial charge in [-0.1, -0.05) is 6.92 Å². The van der Waals surface area contributed by atoms with Gasteiger partial charge in [-0.2, -0.15) is 0 Å². The molecule has 1 aliphatic rings. The van der Waals surface area contributed by atoms with E-state index < -0.39 is 0 Å². The van der Waals surface area contributed by atoms with Crippen LogP contribution < -0.4 is 16.6 Å². The molecule has 1 aliphatic carbocycles. The maximum absolute atomic E-state index is 11.7. The molecule has 4 N–H and O–H groups in total. The first kappa shape index (κ1) is 10.8. The summed E-state index contributed by atoms with van der Waals surface area (Å²) in [4.78, 5) is 19.6. The molecule has 1 amide bonds. The number of rotatable bonds is 3. The van der Waals surface area contributed by atoms with Crippen molar-refractivity contribution in [2.75, 3.05) is 5.43 Å². The van der Waals surface area contributed by atoms with E-state index in [-0.39, 0.29) is 11.9 Å². The highest BCUT2D eigenvalue weighted by molar-refractivity contribution is 5.92. The Morgan fingerprint density at radius 3 is 2.69 bits per heavy atom. The monoisotopic (exact) mass is 221 g/mol. The van der Waals surface area contributed by atoms with Crippen molar-refractivity contribution in [2.45, 2.75) is 25.8 Å². The van der Waals surface area contributed by atoms with Crippen molar-refractivity contribution in [3.63, 3.8) is 0 Å². The predicted molar refractivity (Wildman–Crippen MR) is 59.5 cm³/mol. The second-order valence-electron chi connectivity index (χ2n) is 4.18. The van der Waals surface area contributed by atoms with Gasteiger partial charge in [-0.25, -0.2) is 15.8 Å². The summed E-state index contributed by atoms with van der Waals surface area (Å²) in [5.74, 6) is 6.12. The van der Waals surface area contributed by atoms with E-state index in [0.717, 1.165) is 12.8 Å². The topological polar surface area (TPSA) is 92.9 Å². The fourth-order valence-electron chi connectivity index (χ4n) is 1.80. The first-order chi connectivity index (χ1) is 7.69. The van der Waals surface area contributed by atoms with Crippen LogP contribution in [-0.2, 0) is 0 Å². The van der Waals surface area contributed by atoms with Crippen LogP contribution >= 0.6 is 0 Å². The van der Waals surface area contributed by atoms with Crippen molar-refractivity contribution in [1.82, 2.24) is 15.3 Å². The lowest BCUT2D eigenvalue weighted by Gasteiger charge is -2.33. The van der Waals surface area contributed by atoms with Gasteiger partial charge in [-0.15, -0.1) is 0 Å². The quantitative estimate of drug-likeness (QED) is 0.504. The van der Waals surface area contributed by atoms with Crippen molar-refractivity contribution in [1.29, 1.82) is 0 Å². The van der Waals surface area contributed by atoms with Gasteiger partial charge in [0, 0.05) is 6.04 Å². The number of amides is 1. The molecule has 6 nitrogen and oxygen atoms in total. The van der Waals surface area contributed by atoms with E-state index in [4.69, 9.17) is 5.84 Å². The van der Waals surface area contributed by atoms with Crippen molar-refractivity contribution < 1.29 is 4.79 Å². The summed E-state index contributed by atoms with van der Waals surface area (Å²) < 4.78 is 0. The summed E-state index contributed by atoms with van der Waals surface area (Å²) in [6.07, 6.45) is 4.92. The van der Waals surface area contributed by atoms with Gasteiger partial charge in [0.1, 0.15) is 5.69 Å². The highest BCUT2D eigenvalue weighted by atomic mass is 16.1. The minimum atomic E-state index is -0.173. The second kappa shape index (κ2) is 4.44. The normalized spacial score (nSPS) is 23.4. The van der Waals surface area contributed by atoms with Gasteiger partial charge < -0.3 is 10.7 Å². The Morgan fingerprint density at radius 1 is 1.44 bits per heavy atom. The van der Waals surface area contributed by atoms with E-state index in [0.29, 0.717) is 17.4 Å². The number of nitrogens with one attached hydrogen (secondary N) is 2. The lowest BCUT2D eigenvalue weighted by Crippen LogP contribution is -2.43. The molecule has 1 saturated carbocycles. The molecule has 1 aromatic heterocycles. The minimum absolute atomic E-state index is 0.173. The molecule has 0 radical (unpaired) electrons.